The van der Waals surface area contributed by atoms with Crippen LogP contribution in [0.1, 0.15) is 111 Å². The third-order valence-electron chi connectivity index (χ3n) is 13.5. The van der Waals surface area contributed by atoms with Crippen LogP contribution in [0.5, 0.6) is 0 Å². The molecule has 1 fully saturated rings. The number of hydrogen-bond donors (Lipinski definition) is 3. The van der Waals surface area contributed by atoms with E-state index in [9.17, 15) is 22.8 Å². The number of hydrogen-bond acceptors (Lipinski definition) is 9. The van der Waals surface area contributed by atoms with Crippen LogP contribution in [-0.4, -0.2) is 99.8 Å². The minimum absolute atomic E-state index is 0.00304. The van der Waals surface area contributed by atoms with E-state index in [-0.39, 0.29) is 34.7 Å². The zero-order valence-electron chi connectivity index (χ0n) is 42.8. The van der Waals surface area contributed by atoms with Gasteiger partial charge in [0.2, 0.25) is 15.9 Å². The van der Waals surface area contributed by atoms with Crippen LogP contribution in [0.25, 0.3) is 10.9 Å². The Labute approximate surface area is 447 Å². The van der Waals surface area contributed by atoms with E-state index in [4.69, 9.17) is 28.8 Å². The number of aromatic nitrogens is 3. The molecule has 0 radical (unpaired) electrons. The molecule has 6 aromatic rings. The summed E-state index contributed by atoms with van der Waals surface area (Å²) < 4.78 is 30.2. The summed E-state index contributed by atoms with van der Waals surface area (Å²) in [6, 6.07) is 32.3. The Kier molecular flexibility index (Phi) is 20.7. The first-order valence-electron chi connectivity index (χ1n) is 25.9. The smallest absolute Gasteiger partial charge is 0.261 e. The van der Waals surface area contributed by atoms with E-state index in [0.29, 0.717) is 96.8 Å². The quantitative estimate of drug-likeness (QED) is 0.0370. The van der Waals surface area contributed by atoms with E-state index < -0.39 is 16.1 Å². The van der Waals surface area contributed by atoms with E-state index >= 15 is 0 Å². The highest BCUT2D eigenvalue weighted by molar-refractivity contribution is 7.89. The van der Waals surface area contributed by atoms with Crippen LogP contribution >= 0.6 is 23.8 Å². The number of carbonyl (C=O) groups excluding carboxylic acids is 2. The number of carbonyl (C=O) groups is 2. The summed E-state index contributed by atoms with van der Waals surface area (Å²) in [6.45, 7) is 10.9. The lowest BCUT2D eigenvalue weighted by Crippen LogP contribution is -2.48. The van der Waals surface area contributed by atoms with Gasteiger partial charge in [-0.2, -0.15) is 4.31 Å². The molecule has 0 spiro atoms. The number of anilines is 1. The number of pyridine rings is 1. The first-order valence-corrected chi connectivity index (χ1v) is 28.1. The SMILES string of the molecule is Cc1ccc(C(=O)N(CCCNC(=O)CCCCCCCCCN2CCN(S(=O)(=O)c3ccc(NC(=S)NCc4cccnc4)cc3)CC2)[C@@H](c2nc3cc(Cl)ccc3c(=O)n2Cc2ccccc2)C(C)C)cc1. The monoisotopic (exact) mass is 1060 g/mol. The van der Waals surface area contributed by atoms with Gasteiger partial charge in [-0.15, -0.1) is 0 Å². The maximum absolute atomic E-state index is 14.6. The normalized spacial score (nSPS) is 13.7. The highest BCUT2D eigenvalue weighted by Crippen LogP contribution is 2.31. The number of fused-ring (bicyclic) bond motifs is 1. The van der Waals surface area contributed by atoms with E-state index in [1.54, 1.807) is 63.7 Å². The average molecular weight is 1060 g/mol. The van der Waals surface area contributed by atoms with Crippen molar-refractivity contribution in [2.75, 3.05) is 51.1 Å². The van der Waals surface area contributed by atoms with Gasteiger partial charge in [-0.05, 0) is 123 Å². The Hall–Kier alpha value is -6.04. The zero-order chi connectivity index (χ0) is 52.5. The van der Waals surface area contributed by atoms with Crippen LogP contribution in [0, 0.1) is 12.8 Å². The molecule has 1 aliphatic rings. The molecular formula is C57H70ClN9O5S2. The van der Waals surface area contributed by atoms with Gasteiger partial charge in [-0.3, -0.25) is 23.9 Å². The molecule has 3 N–H and O–H groups in total. The molecule has 1 saturated heterocycles. The highest BCUT2D eigenvalue weighted by Gasteiger charge is 2.33. The lowest BCUT2D eigenvalue weighted by Gasteiger charge is -2.35. The van der Waals surface area contributed by atoms with Crippen LogP contribution < -0.4 is 21.5 Å². The topological polar surface area (TPSA) is 162 Å². The van der Waals surface area contributed by atoms with E-state index in [1.165, 1.54) is 0 Å². The molecular weight excluding hydrogens is 990 g/mol. The Morgan fingerprint density at radius 2 is 1.49 bits per heavy atom. The van der Waals surface area contributed by atoms with Crippen LogP contribution in [0.2, 0.25) is 5.02 Å². The number of amides is 2. The third-order valence-corrected chi connectivity index (χ3v) is 15.8. The molecule has 17 heteroatoms. The largest absolute Gasteiger partial charge is 0.358 e. The summed E-state index contributed by atoms with van der Waals surface area (Å²) in [5, 5.41) is 10.7. The standard InChI is InChI=1S/C57H70ClN9O5S2/c1-42(2)53(54-63-51-38-47(58)24-29-50(51)56(70)67(54)41-44-16-10-9-11-17-44)66(55(69)46-22-20-43(3)21-23-46)33-15-31-60-52(68)19-12-7-5-4-6-8-13-32-64-34-36-65(37-35-64)74(71,72)49-27-25-48(26-28-49)62-57(73)61-40-45-18-14-30-59-39-45/h9-11,14,16-18,20-30,38-39,42,53H,4-8,12-13,15,19,31-37,40-41H2,1-3H3,(H,60,68)(H2,61,62,73)/t53-/m1/s1. The van der Waals surface area contributed by atoms with Gasteiger partial charge >= 0.3 is 0 Å². The van der Waals surface area contributed by atoms with Crippen LogP contribution in [0.15, 0.2) is 131 Å². The minimum atomic E-state index is -3.60. The summed E-state index contributed by atoms with van der Waals surface area (Å²) >= 11 is 11.8. The molecule has 4 aromatic carbocycles. The van der Waals surface area contributed by atoms with Crippen molar-refractivity contribution in [1.29, 1.82) is 0 Å². The van der Waals surface area contributed by atoms with E-state index in [1.807, 2.05) is 92.4 Å². The Morgan fingerprint density at radius 3 is 2.18 bits per heavy atom. The summed E-state index contributed by atoms with van der Waals surface area (Å²) in [5.41, 5.74) is 4.50. The number of piperazine rings is 1. The highest BCUT2D eigenvalue weighted by atomic mass is 35.5. The second-order valence-corrected chi connectivity index (χ2v) is 22.2. The summed E-state index contributed by atoms with van der Waals surface area (Å²) in [5.74, 6) is 0.184. The van der Waals surface area contributed by atoms with Crippen molar-refractivity contribution in [3.8, 4) is 0 Å². The second-order valence-electron chi connectivity index (χ2n) is 19.4. The zero-order valence-corrected chi connectivity index (χ0v) is 45.2. The summed E-state index contributed by atoms with van der Waals surface area (Å²) in [4.78, 5) is 55.5. The molecule has 1 atom stereocenters. The van der Waals surface area contributed by atoms with Crippen LogP contribution in [-0.2, 0) is 27.9 Å². The van der Waals surface area contributed by atoms with Crippen molar-refractivity contribution in [2.24, 2.45) is 5.92 Å². The molecule has 0 bridgehead atoms. The van der Waals surface area contributed by atoms with Crippen molar-refractivity contribution in [1.82, 2.24) is 39.3 Å². The summed E-state index contributed by atoms with van der Waals surface area (Å²) in [7, 11) is -3.60. The molecule has 2 aromatic heterocycles. The molecule has 0 aliphatic carbocycles. The van der Waals surface area contributed by atoms with Crippen LogP contribution in [0.3, 0.4) is 0 Å². The first kappa shape index (κ1) is 55.7. The van der Waals surface area contributed by atoms with E-state index in [2.05, 4.69) is 25.8 Å². The van der Waals surface area contributed by atoms with Crippen LogP contribution in [0.4, 0.5) is 5.69 Å². The molecule has 2 amide bonds. The van der Waals surface area contributed by atoms with Crippen molar-refractivity contribution in [3.05, 3.63) is 165 Å². The molecule has 1 aliphatic heterocycles. The van der Waals surface area contributed by atoms with Crippen molar-refractivity contribution in [3.63, 3.8) is 0 Å². The number of aryl methyl sites for hydroxylation is 1. The van der Waals surface area contributed by atoms with Crippen molar-refractivity contribution in [2.45, 2.75) is 103 Å². The van der Waals surface area contributed by atoms with Crippen molar-refractivity contribution < 1.29 is 18.0 Å². The number of rotatable bonds is 25. The molecule has 14 nitrogen and oxygen atoms in total. The Morgan fingerprint density at radius 1 is 0.797 bits per heavy atom. The summed E-state index contributed by atoms with van der Waals surface area (Å²) in [6.07, 6.45) is 11.7. The van der Waals surface area contributed by atoms with Gasteiger partial charge in [-0.1, -0.05) is 112 Å². The van der Waals surface area contributed by atoms with Gasteiger partial charge in [0, 0.05) is 80.9 Å². The average Bonchev–Trinajstić information content (AvgIpc) is 3.40. The predicted molar refractivity (Wildman–Crippen MR) is 300 cm³/mol. The fourth-order valence-electron chi connectivity index (χ4n) is 9.37. The molecule has 3 heterocycles. The molecule has 392 valence electrons. The number of benzene rings is 4. The Balaban J connectivity index is 0.810. The van der Waals surface area contributed by atoms with Gasteiger partial charge in [-0.25, -0.2) is 13.4 Å². The maximum atomic E-state index is 14.6. The molecule has 7 rings (SSSR count). The Bertz CT molecular complexity index is 2950. The van der Waals surface area contributed by atoms with Gasteiger partial charge in [0.15, 0.2) is 5.11 Å². The van der Waals surface area contributed by atoms with Gasteiger partial charge in [0.1, 0.15) is 5.82 Å². The molecule has 0 unspecified atom stereocenters. The number of halogens is 1. The van der Waals surface area contributed by atoms with Gasteiger partial charge < -0.3 is 25.8 Å². The fraction of sp³-hybridized carbons (Fsp3) is 0.404. The minimum Gasteiger partial charge on any atom is -0.358 e. The fourth-order valence-corrected chi connectivity index (χ4v) is 11.1. The molecule has 0 saturated carbocycles. The number of sulfonamides is 1. The number of nitrogens with one attached hydrogen (secondary N) is 3. The van der Waals surface area contributed by atoms with E-state index in [0.717, 1.165) is 68.2 Å². The predicted octanol–water partition coefficient (Wildman–Crippen LogP) is 9.76. The lowest BCUT2D eigenvalue weighted by molar-refractivity contribution is -0.121. The van der Waals surface area contributed by atoms with Crippen molar-refractivity contribution >= 4 is 67.4 Å². The van der Waals surface area contributed by atoms with Gasteiger partial charge in [0.05, 0.1) is 28.4 Å². The number of unbranched alkanes of at least 4 members (excludes halogenated alkanes) is 6. The second kappa shape index (κ2) is 27.5. The first-order chi connectivity index (χ1) is 35.8. The number of thiocarbonyl (C=S) groups is 1. The molecule has 74 heavy (non-hydrogen) atoms. The maximum Gasteiger partial charge on any atom is 0.261 e. The lowest BCUT2D eigenvalue weighted by atomic mass is 9.98. The van der Waals surface area contributed by atoms with Gasteiger partial charge in [0.25, 0.3) is 11.5 Å². The third kappa shape index (κ3) is 15.7. The number of nitrogens with zero attached hydrogens (tertiary/aromatic N) is 6.